The Morgan fingerprint density at radius 2 is 2.29 bits per heavy atom. The van der Waals surface area contributed by atoms with Crippen molar-refractivity contribution in [3.8, 4) is 0 Å². The van der Waals surface area contributed by atoms with Gasteiger partial charge in [0.15, 0.2) is 0 Å². The maximum Gasteiger partial charge on any atom is 0.0375 e. The second kappa shape index (κ2) is 5.40. The molecule has 0 saturated carbocycles. The fourth-order valence-electron chi connectivity index (χ4n) is 2.15. The highest BCUT2D eigenvalue weighted by Crippen LogP contribution is 2.15. The van der Waals surface area contributed by atoms with Crippen LogP contribution in [0.2, 0.25) is 0 Å². The van der Waals surface area contributed by atoms with Gasteiger partial charge in [-0.15, -0.1) is 0 Å². The van der Waals surface area contributed by atoms with E-state index in [1.54, 1.807) is 0 Å². The molecule has 0 amide bonds. The number of piperidine rings is 1. The van der Waals surface area contributed by atoms with Crippen molar-refractivity contribution in [3.05, 3.63) is 12.3 Å². The first-order valence-electron chi connectivity index (χ1n) is 5.74. The van der Waals surface area contributed by atoms with Crippen molar-refractivity contribution in [1.29, 1.82) is 0 Å². The van der Waals surface area contributed by atoms with E-state index >= 15 is 0 Å². The number of rotatable bonds is 4. The third-order valence-electron chi connectivity index (χ3n) is 2.65. The third kappa shape index (κ3) is 4.14. The minimum absolute atomic E-state index is 0.504. The topological polar surface area (TPSA) is 15.3 Å². The van der Waals surface area contributed by atoms with Gasteiger partial charge in [0, 0.05) is 24.8 Å². The van der Waals surface area contributed by atoms with E-state index in [0.29, 0.717) is 6.04 Å². The van der Waals surface area contributed by atoms with Crippen LogP contribution in [0.15, 0.2) is 12.3 Å². The average Bonchev–Trinajstić information content (AvgIpc) is 2.01. The Morgan fingerprint density at radius 3 is 2.86 bits per heavy atom. The molecule has 1 fully saturated rings. The molecule has 0 spiro atoms. The molecule has 1 saturated heterocycles. The van der Waals surface area contributed by atoms with Crippen molar-refractivity contribution in [3.63, 3.8) is 0 Å². The van der Waals surface area contributed by atoms with E-state index in [9.17, 15) is 0 Å². The Kier molecular flexibility index (Phi) is 4.46. The van der Waals surface area contributed by atoms with Crippen LogP contribution < -0.4 is 5.32 Å². The Labute approximate surface area is 88.4 Å². The summed E-state index contributed by atoms with van der Waals surface area (Å²) in [5.74, 6) is 0.857. The molecule has 2 heteroatoms. The van der Waals surface area contributed by atoms with Crippen LogP contribution in [0.1, 0.15) is 33.6 Å². The Balaban J connectivity index is 2.25. The summed E-state index contributed by atoms with van der Waals surface area (Å²) >= 11 is 0. The van der Waals surface area contributed by atoms with E-state index in [1.165, 1.54) is 25.9 Å². The van der Waals surface area contributed by atoms with E-state index in [2.05, 4.69) is 37.6 Å². The van der Waals surface area contributed by atoms with Gasteiger partial charge >= 0.3 is 0 Å². The van der Waals surface area contributed by atoms with Gasteiger partial charge in [-0.3, -0.25) is 4.90 Å². The van der Waals surface area contributed by atoms with Gasteiger partial charge < -0.3 is 5.32 Å². The fraction of sp³-hybridized carbons (Fsp3) is 0.833. The van der Waals surface area contributed by atoms with Crippen LogP contribution >= 0.6 is 0 Å². The van der Waals surface area contributed by atoms with Crippen LogP contribution in [0.4, 0.5) is 0 Å². The number of hydrogen-bond donors (Lipinski definition) is 1. The van der Waals surface area contributed by atoms with Crippen molar-refractivity contribution in [2.24, 2.45) is 5.92 Å². The molecule has 2 nitrogen and oxygen atoms in total. The number of hydrogen-bond acceptors (Lipinski definition) is 2. The molecule has 0 aromatic rings. The summed E-state index contributed by atoms with van der Waals surface area (Å²) in [7, 11) is 0. The maximum absolute atomic E-state index is 4.06. The molecular formula is C12H24N2. The van der Waals surface area contributed by atoms with Crippen LogP contribution in [0.5, 0.6) is 0 Å². The number of nitrogens with one attached hydrogen (secondary N) is 1. The Bertz CT molecular complexity index is 187. The average molecular weight is 196 g/mol. The standard InChI is InChI=1S/C12H24N2/c1-10(2)13-12(4)9-14-7-5-6-11(3)8-14/h10-11,13H,4-9H2,1-3H3. The molecule has 1 atom stereocenters. The van der Waals surface area contributed by atoms with Crippen molar-refractivity contribution in [1.82, 2.24) is 10.2 Å². The number of nitrogens with zero attached hydrogens (tertiary/aromatic N) is 1. The third-order valence-corrected chi connectivity index (χ3v) is 2.65. The highest BCUT2D eigenvalue weighted by Gasteiger charge is 2.16. The fourth-order valence-corrected chi connectivity index (χ4v) is 2.15. The molecule has 0 aromatic heterocycles. The maximum atomic E-state index is 4.06. The predicted molar refractivity (Wildman–Crippen MR) is 62.2 cm³/mol. The summed E-state index contributed by atoms with van der Waals surface area (Å²) in [4.78, 5) is 2.51. The molecule has 1 rings (SSSR count). The second-order valence-corrected chi connectivity index (χ2v) is 4.89. The van der Waals surface area contributed by atoms with Crippen molar-refractivity contribution in [2.45, 2.75) is 39.7 Å². The molecule has 14 heavy (non-hydrogen) atoms. The zero-order valence-electron chi connectivity index (χ0n) is 9.84. The highest BCUT2D eigenvalue weighted by atomic mass is 15.1. The van der Waals surface area contributed by atoms with E-state index in [0.717, 1.165) is 18.2 Å². The molecule has 82 valence electrons. The summed E-state index contributed by atoms with van der Waals surface area (Å²) < 4.78 is 0. The quantitative estimate of drug-likeness (QED) is 0.742. The molecule has 0 bridgehead atoms. The predicted octanol–water partition coefficient (Wildman–Crippen LogP) is 2.23. The first-order chi connectivity index (χ1) is 6.58. The first-order valence-corrected chi connectivity index (χ1v) is 5.74. The number of likely N-dealkylation sites (tertiary alicyclic amines) is 1. The van der Waals surface area contributed by atoms with Crippen LogP contribution in [-0.2, 0) is 0 Å². The molecule has 1 heterocycles. The lowest BCUT2D eigenvalue weighted by Gasteiger charge is -2.31. The summed E-state index contributed by atoms with van der Waals surface area (Å²) in [6.07, 6.45) is 2.73. The van der Waals surface area contributed by atoms with Gasteiger partial charge in [0.1, 0.15) is 0 Å². The van der Waals surface area contributed by atoms with Crippen LogP contribution in [0, 0.1) is 5.92 Å². The van der Waals surface area contributed by atoms with Crippen molar-refractivity contribution in [2.75, 3.05) is 19.6 Å². The van der Waals surface area contributed by atoms with E-state index in [-0.39, 0.29) is 0 Å². The minimum atomic E-state index is 0.504. The SMILES string of the molecule is C=C(CN1CCCC(C)C1)NC(C)C. The second-order valence-electron chi connectivity index (χ2n) is 4.89. The first kappa shape index (κ1) is 11.6. The van der Waals surface area contributed by atoms with Gasteiger partial charge in [0.2, 0.25) is 0 Å². The summed E-state index contributed by atoms with van der Waals surface area (Å²) in [5, 5.41) is 3.37. The minimum Gasteiger partial charge on any atom is -0.386 e. The molecule has 0 aromatic carbocycles. The molecule has 0 radical (unpaired) electrons. The van der Waals surface area contributed by atoms with Gasteiger partial charge in [-0.25, -0.2) is 0 Å². The van der Waals surface area contributed by atoms with E-state index < -0.39 is 0 Å². The molecule has 1 N–H and O–H groups in total. The van der Waals surface area contributed by atoms with Gasteiger partial charge in [0.25, 0.3) is 0 Å². The molecular weight excluding hydrogens is 172 g/mol. The van der Waals surface area contributed by atoms with Crippen LogP contribution in [0.3, 0.4) is 0 Å². The monoisotopic (exact) mass is 196 g/mol. The zero-order chi connectivity index (χ0) is 10.6. The zero-order valence-corrected chi connectivity index (χ0v) is 9.84. The van der Waals surface area contributed by atoms with Gasteiger partial charge in [-0.2, -0.15) is 0 Å². The molecule has 1 aliphatic rings. The van der Waals surface area contributed by atoms with Gasteiger partial charge in [0.05, 0.1) is 0 Å². The van der Waals surface area contributed by atoms with Gasteiger partial charge in [-0.1, -0.05) is 13.5 Å². The molecule has 0 aliphatic carbocycles. The lowest BCUT2D eigenvalue weighted by molar-refractivity contribution is 0.194. The van der Waals surface area contributed by atoms with Crippen LogP contribution in [0.25, 0.3) is 0 Å². The lowest BCUT2D eigenvalue weighted by atomic mass is 10.0. The van der Waals surface area contributed by atoms with E-state index in [4.69, 9.17) is 0 Å². The summed E-state index contributed by atoms with van der Waals surface area (Å²) in [6, 6.07) is 0.504. The Morgan fingerprint density at radius 1 is 1.57 bits per heavy atom. The van der Waals surface area contributed by atoms with Crippen LogP contribution in [-0.4, -0.2) is 30.6 Å². The van der Waals surface area contributed by atoms with Crippen molar-refractivity contribution < 1.29 is 0 Å². The largest absolute Gasteiger partial charge is 0.386 e. The Hall–Kier alpha value is -0.500. The van der Waals surface area contributed by atoms with Crippen molar-refractivity contribution >= 4 is 0 Å². The smallest absolute Gasteiger partial charge is 0.0375 e. The van der Waals surface area contributed by atoms with Gasteiger partial charge in [-0.05, 0) is 39.2 Å². The summed E-state index contributed by atoms with van der Waals surface area (Å²) in [6.45, 7) is 14.2. The van der Waals surface area contributed by atoms with E-state index in [1.807, 2.05) is 0 Å². The highest BCUT2D eigenvalue weighted by molar-refractivity contribution is 4.96. The molecule has 1 unspecified atom stereocenters. The summed E-state index contributed by atoms with van der Waals surface area (Å²) in [5.41, 5.74) is 1.16. The molecule has 1 aliphatic heterocycles. The lowest BCUT2D eigenvalue weighted by Crippen LogP contribution is -2.38. The normalized spacial score (nSPS) is 23.9.